The van der Waals surface area contributed by atoms with Crippen LogP contribution in [0.15, 0.2) is 71.9 Å². The lowest BCUT2D eigenvalue weighted by Crippen LogP contribution is -2.49. The van der Waals surface area contributed by atoms with Gasteiger partial charge in [0.15, 0.2) is 5.75 Å². The minimum atomic E-state index is -4.00. The summed E-state index contributed by atoms with van der Waals surface area (Å²) in [4.78, 5) is 21.5. The van der Waals surface area contributed by atoms with Crippen LogP contribution in [0, 0.1) is 5.92 Å². The van der Waals surface area contributed by atoms with Gasteiger partial charge in [-0.05, 0) is 68.1 Å². The topological polar surface area (TPSA) is 112 Å². The molecule has 0 fully saturated rings. The number of amides is 1. The first kappa shape index (κ1) is 28.8. The van der Waals surface area contributed by atoms with E-state index < -0.39 is 22.2 Å². The Balaban J connectivity index is 1.71. The number of aromatic nitrogens is 1. The molecule has 0 bridgehead atoms. The standard InChI is InChI=1S/C28H33ClN4O5S/c1-19-15-33(20(2)18-34)28(35)24-5-4-6-25(31-39(36,37)23-9-7-22(29)8-10-23)27(24)38-26(19)17-32(3)16-21-11-13-30-14-12-21/h4-14,19-20,26,31,34H,15-18H2,1-3H3/t19-,20+,26-/m0/s1. The summed E-state index contributed by atoms with van der Waals surface area (Å²) in [6, 6.07) is 14.1. The summed E-state index contributed by atoms with van der Waals surface area (Å²) in [6.07, 6.45) is 3.10. The molecule has 9 nitrogen and oxygen atoms in total. The van der Waals surface area contributed by atoms with Crippen LogP contribution < -0.4 is 9.46 Å². The molecule has 0 spiro atoms. The molecule has 2 heterocycles. The van der Waals surface area contributed by atoms with E-state index in [-0.39, 0.29) is 40.3 Å². The first-order chi connectivity index (χ1) is 18.6. The number of halogens is 1. The number of rotatable bonds is 9. The average molecular weight is 573 g/mol. The number of carbonyl (C=O) groups excluding carboxylic acids is 1. The highest BCUT2D eigenvalue weighted by molar-refractivity contribution is 7.92. The van der Waals surface area contributed by atoms with E-state index in [9.17, 15) is 18.3 Å². The molecule has 2 N–H and O–H groups in total. The molecule has 39 heavy (non-hydrogen) atoms. The van der Waals surface area contributed by atoms with Crippen molar-refractivity contribution in [1.29, 1.82) is 0 Å². The average Bonchev–Trinajstić information content (AvgIpc) is 2.91. The monoisotopic (exact) mass is 572 g/mol. The molecule has 1 aliphatic heterocycles. The van der Waals surface area contributed by atoms with E-state index in [2.05, 4.69) is 14.6 Å². The minimum Gasteiger partial charge on any atom is -0.486 e. The molecule has 1 aromatic heterocycles. The summed E-state index contributed by atoms with van der Waals surface area (Å²) >= 11 is 5.94. The van der Waals surface area contributed by atoms with Crippen LogP contribution in [0.25, 0.3) is 0 Å². The number of nitrogens with zero attached hydrogens (tertiary/aromatic N) is 3. The van der Waals surface area contributed by atoms with Crippen LogP contribution in [-0.4, -0.2) is 73.1 Å². The summed E-state index contributed by atoms with van der Waals surface area (Å²) < 4.78 is 35.6. The number of hydrogen-bond donors (Lipinski definition) is 2. The van der Waals surface area contributed by atoms with Crippen molar-refractivity contribution in [1.82, 2.24) is 14.8 Å². The Morgan fingerprint density at radius 1 is 1.18 bits per heavy atom. The van der Waals surface area contributed by atoms with Gasteiger partial charge in [-0.25, -0.2) is 8.42 Å². The molecule has 1 amide bonds. The zero-order valence-electron chi connectivity index (χ0n) is 22.1. The fourth-order valence-electron chi connectivity index (χ4n) is 4.53. The largest absolute Gasteiger partial charge is 0.486 e. The number of hydrogen-bond acceptors (Lipinski definition) is 7. The Hall–Kier alpha value is -3.18. The van der Waals surface area contributed by atoms with Gasteiger partial charge in [-0.3, -0.25) is 19.4 Å². The fraction of sp³-hybridized carbons (Fsp3) is 0.357. The Morgan fingerprint density at radius 2 is 1.87 bits per heavy atom. The maximum absolute atomic E-state index is 13.7. The molecule has 0 saturated heterocycles. The molecule has 11 heteroatoms. The molecule has 2 aromatic carbocycles. The van der Waals surface area contributed by atoms with E-state index >= 15 is 0 Å². The Kier molecular flexibility index (Phi) is 9.12. The summed E-state index contributed by atoms with van der Waals surface area (Å²) in [5.41, 5.74) is 1.47. The predicted molar refractivity (Wildman–Crippen MR) is 150 cm³/mol. The van der Waals surface area contributed by atoms with E-state index in [4.69, 9.17) is 16.3 Å². The number of pyridine rings is 1. The molecular formula is C28H33ClN4O5S. The van der Waals surface area contributed by atoms with Gasteiger partial charge in [0.2, 0.25) is 0 Å². The van der Waals surface area contributed by atoms with Gasteiger partial charge in [-0.1, -0.05) is 24.6 Å². The number of carbonyl (C=O) groups is 1. The molecular weight excluding hydrogens is 540 g/mol. The van der Waals surface area contributed by atoms with Gasteiger partial charge in [-0.2, -0.15) is 0 Å². The number of aliphatic hydroxyl groups excluding tert-OH is 1. The summed E-state index contributed by atoms with van der Waals surface area (Å²) in [5, 5.41) is 10.3. The maximum Gasteiger partial charge on any atom is 0.262 e. The van der Waals surface area contributed by atoms with E-state index in [1.807, 2.05) is 26.1 Å². The Morgan fingerprint density at radius 3 is 2.54 bits per heavy atom. The Labute approximate surface area is 234 Å². The molecule has 3 aromatic rings. The van der Waals surface area contributed by atoms with Crippen LogP contribution in [0.4, 0.5) is 5.69 Å². The molecule has 0 aliphatic carbocycles. The SMILES string of the molecule is C[C@H](CO)N1C[C@H](C)[C@H](CN(C)Cc2ccncc2)Oc2c(NS(=O)(=O)c3ccc(Cl)cc3)cccc2C1=O. The van der Waals surface area contributed by atoms with Crippen molar-refractivity contribution in [2.75, 3.05) is 31.5 Å². The van der Waals surface area contributed by atoms with Crippen molar-refractivity contribution < 1.29 is 23.1 Å². The van der Waals surface area contributed by atoms with Crippen LogP contribution in [0.5, 0.6) is 5.75 Å². The van der Waals surface area contributed by atoms with Crippen LogP contribution >= 0.6 is 11.6 Å². The summed E-state index contributed by atoms with van der Waals surface area (Å²) in [5.74, 6) is -0.310. The van der Waals surface area contributed by atoms with Crippen LogP contribution in [0.3, 0.4) is 0 Å². The number of fused-ring (bicyclic) bond motifs is 1. The van der Waals surface area contributed by atoms with Crippen molar-refractivity contribution in [2.24, 2.45) is 5.92 Å². The van der Waals surface area contributed by atoms with Crippen molar-refractivity contribution in [3.8, 4) is 5.75 Å². The molecule has 0 saturated carbocycles. The first-order valence-corrected chi connectivity index (χ1v) is 14.5. The van der Waals surface area contributed by atoms with Crippen LogP contribution in [0.1, 0.15) is 29.8 Å². The number of ether oxygens (including phenoxy) is 1. The van der Waals surface area contributed by atoms with E-state index in [1.54, 1.807) is 42.4 Å². The quantitative estimate of drug-likeness (QED) is 0.400. The number of benzene rings is 2. The number of anilines is 1. The minimum absolute atomic E-state index is 0.0270. The molecule has 4 rings (SSSR count). The molecule has 0 radical (unpaired) electrons. The molecule has 1 aliphatic rings. The third-order valence-corrected chi connectivity index (χ3v) is 8.39. The number of sulfonamides is 1. The smallest absolute Gasteiger partial charge is 0.262 e. The zero-order valence-corrected chi connectivity index (χ0v) is 23.7. The fourth-order valence-corrected chi connectivity index (χ4v) is 5.72. The zero-order chi connectivity index (χ0) is 28.2. The summed E-state index contributed by atoms with van der Waals surface area (Å²) in [7, 11) is -2.02. The molecule has 0 unspecified atom stereocenters. The first-order valence-electron chi connectivity index (χ1n) is 12.7. The second-order valence-electron chi connectivity index (χ2n) is 9.92. The lowest BCUT2D eigenvalue weighted by Gasteiger charge is -2.38. The summed E-state index contributed by atoms with van der Waals surface area (Å²) in [6.45, 7) is 5.10. The van der Waals surface area contributed by atoms with E-state index in [0.717, 1.165) is 5.56 Å². The second kappa shape index (κ2) is 12.3. The van der Waals surface area contributed by atoms with Gasteiger partial charge < -0.3 is 14.7 Å². The Bertz CT molecular complexity index is 1390. The number of aliphatic hydroxyl groups is 1. The van der Waals surface area contributed by atoms with Gasteiger partial charge in [0.1, 0.15) is 6.10 Å². The van der Waals surface area contributed by atoms with E-state index in [1.165, 1.54) is 24.3 Å². The van der Waals surface area contributed by atoms with Crippen LogP contribution in [0.2, 0.25) is 5.02 Å². The van der Waals surface area contributed by atoms with Crippen molar-refractivity contribution in [2.45, 2.75) is 37.4 Å². The van der Waals surface area contributed by atoms with E-state index in [0.29, 0.717) is 24.7 Å². The van der Waals surface area contributed by atoms with Gasteiger partial charge in [0.05, 0.1) is 28.8 Å². The lowest BCUT2D eigenvalue weighted by molar-refractivity contribution is 0.0344. The lowest BCUT2D eigenvalue weighted by atomic mass is 9.99. The number of para-hydroxylation sites is 1. The predicted octanol–water partition coefficient (Wildman–Crippen LogP) is 3.89. The van der Waals surface area contributed by atoms with Crippen molar-refractivity contribution in [3.05, 3.63) is 83.1 Å². The highest BCUT2D eigenvalue weighted by Gasteiger charge is 2.35. The maximum atomic E-state index is 13.7. The van der Waals surface area contributed by atoms with Crippen LogP contribution in [-0.2, 0) is 16.6 Å². The number of likely N-dealkylation sites (N-methyl/N-ethyl adjacent to an activating group) is 1. The van der Waals surface area contributed by atoms with Crippen molar-refractivity contribution in [3.63, 3.8) is 0 Å². The second-order valence-corrected chi connectivity index (χ2v) is 12.0. The third kappa shape index (κ3) is 6.88. The van der Waals surface area contributed by atoms with Gasteiger partial charge in [0.25, 0.3) is 15.9 Å². The molecule has 3 atom stereocenters. The van der Waals surface area contributed by atoms with Gasteiger partial charge in [-0.15, -0.1) is 0 Å². The van der Waals surface area contributed by atoms with Gasteiger partial charge in [0, 0.05) is 43.0 Å². The normalized spacial score (nSPS) is 18.6. The highest BCUT2D eigenvalue weighted by Crippen LogP contribution is 2.36. The van der Waals surface area contributed by atoms with Crippen molar-refractivity contribution >= 4 is 33.2 Å². The number of nitrogens with one attached hydrogen (secondary N) is 1. The third-order valence-electron chi connectivity index (χ3n) is 6.75. The molecule has 208 valence electrons. The van der Waals surface area contributed by atoms with Gasteiger partial charge >= 0.3 is 0 Å². The highest BCUT2D eigenvalue weighted by atomic mass is 35.5.